The molecule has 2 aromatic rings. The minimum atomic E-state index is -0.0156. The SMILES string of the molecule is Cc1nccc(-c2nc3c(c(=O)[nH]2)CCCCC3)n1. The summed E-state index contributed by atoms with van der Waals surface area (Å²) in [6.07, 6.45) is 6.74. The van der Waals surface area contributed by atoms with Crippen molar-refractivity contribution >= 4 is 0 Å². The Hall–Kier alpha value is -2.04. The summed E-state index contributed by atoms with van der Waals surface area (Å²) in [5, 5.41) is 0. The van der Waals surface area contributed by atoms with Gasteiger partial charge in [0.15, 0.2) is 5.82 Å². The molecule has 1 aliphatic rings. The Kier molecular flexibility index (Phi) is 3.11. The summed E-state index contributed by atoms with van der Waals surface area (Å²) >= 11 is 0. The number of aromatic nitrogens is 4. The molecule has 0 spiro atoms. The highest BCUT2D eigenvalue weighted by molar-refractivity contribution is 5.48. The van der Waals surface area contributed by atoms with Gasteiger partial charge in [0.1, 0.15) is 11.5 Å². The fourth-order valence-corrected chi connectivity index (χ4v) is 2.49. The first-order chi connectivity index (χ1) is 9.24. The van der Waals surface area contributed by atoms with Gasteiger partial charge in [-0.15, -0.1) is 0 Å². The largest absolute Gasteiger partial charge is 0.305 e. The molecule has 0 amide bonds. The van der Waals surface area contributed by atoms with Gasteiger partial charge in [0.05, 0.1) is 5.69 Å². The summed E-state index contributed by atoms with van der Waals surface area (Å²) in [6, 6.07) is 1.77. The molecule has 0 fully saturated rings. The summed E-state index contributed by atoms with van der Waals surface area (Å²) in [7, 11) is 0. The second-order valence-corrected chi connectivity index (χ2v) is 4.89. The van der Waals surface area contributed by atoms with E-state index in [1.807, 2.05) is 6.92 Å². The van der Waals surface area contributed by atoms with Crippen molar-refractivity contribution in [2.24, 2.45) is 0 Å². The third-order valence-electron chi connectivity index (χ3n) is 3.46. The second-order valence-electron chi connectivity index (χ2n) is 4.89. The lowest BCUT2D eigenvalue weighted by Gasteiger charge is -2.07. The van der Waals surface area contributed by atoms with Crippen LogP contribution < -0.4 is 5.56 Å². The van der Waals surface area contributed by atoms with E-state index in [2.05, 4.69) is 19.9 Å². The van der Waals surface area contributed by atoms with Crippen LogP contribution in [-0.2, 0) is 12.8 Å². The molecule has 0 aliphatic heterocycles. The van der Waals surface area contributed by atoms with Crippen molar-refractivity contribution in [2.45, 2.75) is 39.0 Å². The summed E-state index contributed by atoms with van der Waals surface area (Å²) < 4.78 is 0. The first-order valence-corrected chi connectivity index (χ1v) is 6.66. The van der Waals surface area contributed by atoms with Crippen molar-refractivity contribution in [3.8, 4) is 11.5 Å². The van der Waals surface area contributed by atoms with E-state index in [0.717, 1.165) is 43.4 Å². The van der Waals surface area contributed by atoms with Gasteiger partial charge in [-0.2, -0.15) is 0 Å². The lowest BCUT2D eigenvalue weighted by molar-refractivity contribution is 0.708. The van der Waals surface area contributed by atoms with Gasteiger partial charge in [0, 0.05) is 11.8 Å². The Morgan fingerprint density at radius 1 is 1.16 bits per heavy atom. The highest BCUT2D eigenvalue weighted by Gasteiger charge is 2.15. The molecule has 2 heterocycles. The van der Waals surface area contributed by atoms with E-state index in [1.165, 1.54) is 0 Å². The Labute approximate surface area is 111 Å². The van der Waals surface area contributed by atoms with Crippen molar-refractivity contribution in [3.63, 3.8) is 0 Å². The number of H-pyrrole nitrogens is 1. The van der Waals surface area contributed by atoms with Crippen molar-refractivity contribution in [2.75, 3.05) is 0 Å². The molecule has 0 radical (unpaired) electrons. The molecule has 0 saturated heterocycles. The van der Waals surface area contributed by atoms with Gasteiger partial charge in [0.25, 0.3) is 5.56 Å². The van der Waals surface area contributed by atoms with Crippen LogP contribution >= 0.6 is 0 Å². The zero-order valence-corrected chi connectivity index (χ0v) is 10.9. The molecule has 1 aliphatic carbocycles. The normalized spacial score (nSPS) is 14.8. The predicted molar refractivity (Wildman–Crippen MR) is 71.9 cm³/mol. The number of hydrogen-bond acceptors (Lipinski definition) is 4. The van der Waals surface area contributed by atoms with Gasteiger partial charge < -0.3 is 4.98 Å². The smallest absolute Gasteiger partial charge is 0.254 e. The van der Waals surface area contributed by atoms with Crippen LogP contribution in [0.5, 0.6) is 0 Å². The average Bonchev–Trinajstić information content (AvgIpc) is 2.64. The first kappa shape index (κ1) is 12.0. The number of nitrogens with zero attached hydrogens (tertiary/aromatic N) is 3. The van der Waals surface area contributed by atoms with E-state index in [-0.39, 0.29) is 5.56 Å². The Balaban J connectivity index is 2.11. The Morgan fingerprint density at radius 2 is 2.00 bits per heavy atom. The van der Waals surface area contributed by atoms with Crippen LogP contribution in [0.2, 0.25) is 0 Å². The number of fused-ring (bicyclic) bond motifs is 1. The number of aromatic amines is 1. The maximum Gasteiger partial charge on any atom is 0.254 e. The predicted octanol–water partition coefficient (Wildman–Crippen LogP) is 1.80. The van der Waals surface area contributed by atoms with Crippen molar-refractivity contribution in [1.82, 2.24) is 19.9 Å². The van der Waals surface area contributed by atoms with Crippen molar-refractivity contribution < 1.29 is 0 Å². The van der Waals surface area contributed by atoms with Gasteiger partial charge in [-0.25, -0.2) is 15.0 Å². The highest BCUT2D eigenvalue weighted by atomic mass is 16.1. The molecule has 19 heavy (non-hydrogen) atoms. The van der Waals surface area contributed by atoms with Crippen LogP contribution in [0.1, 0.15) is 36.3 Å². The Morgan fingerprint density at radius 3 is 2.84 bits per heavy atom. The minimum Gasteiger partial charge on any atom is -0.305 e. The molecule has 0 saturated carbocycles. The molecule has 98 valence electrons. The third kappa shape index (κ3) is 2.41. The maximum absolute atomic E-state index is 12.2. The molecule has 0 aromatic carbocycles. The molecule has 0 bridgehead atoms. The molecule has 5 heteroatoms. The number of aryl methyl sites for hydroxylation is 2. The summed E-state index contributed by atoms with van der Waals surface area (Å²) in [4.78, 5) is 28.0. The van der Waals surface area contributed by atoms with Crippen LogP contribution in [0.15, 0.2) is 17.1 Å². The molecule has 3 rings (SSSR count). The zero-order chi connectivity index (χ0) is 13.2. The van der Waals surface area contributed by atoms with Crippen LogP contribution in [0.3, 0.4) is 0 Å². The van der Waals surface area contributed by atoms with Crippen LogP contribution in [0.25, 0.3) is 11.5 Å². The third-order valence-corrected chi connectivity index (χ3v) is 3.46. The van der Waals surface area contributed by atoms with Crippen LogP contribution in [0, 0.1) is 6.92 Å². The average molecular weight is 256 g/mol. The van der Waals surface area contributed by atoms with Crippen molar-refractivity contribution in [3.05, 3.63) is 39.7 Å². The summed E-state index contributed by atoms with van der Waals surface area (Å²) in [6.45, 7) is 1.82. The van der Waals surface area contributed by atoms with E-state index in [4.69, 9.17) is 0 Å². The molecular formula is C14H16N4O. The van der Waals surface area contributed by atoms with Gasteiger partial charge in [-0.1, -0.05) is 6.42 Å². The lowest BCUT2D eigenvalue weighted by Crippen LogP contribution is -2.18. The van der Waals surface area contributed by atoms with E-state index >= 15 is 0 Å². The fraction of sp³-hybridized carbons (Fsp3) is 0.429. The van der Waals surface area contributed by atoms with Gasteiger partial charge in [-0.05, 0) is 38.7 Å². The van der Waals surface area contributed by atoms with E-state index in [0.29, 0.717) is 17.3 Å². The number of hydrogen-bond donors (Lipinski definition) is 1. The summed E-state index contributed by atoms with van der Waals surface area (Å²) in [5.41, 5.74) is 2.45. The monoisotopic (exact) mass is 256 g/mol. The minimum absolute atomic E-state index is 0.0156. The van der Waals surface area contributed by atoms with Crippen molar-refractivity contribution in [1.29, 1.82) is 0 Å². The fourth-order valence-electron chi connectivity index (χ4n) is 2.49. The van der Waals surface area contributed by atoms with Crippen LogP contribution in [0.4, 0.5) is 0 Å². The van der Waals surface area contributed by atoms with E-state index in [1.54, 1.807) is 12.3 Å². The standard InChI is InChI=1S/C14H16N4O/c1-9-15-8-7-12(16-9)13-17-11-6-4-2-3-5-10(11)14(19)18-13/h7-8H,2-6H2,1H3,(H,17,18,19). The Bertz CT molecular complexity index is 663. The molecule has 0 unspecified atom stereocenters. The lowest BCUT2D eigenvalue weighted by atomic mass is 10.1. The molecule has 2 aromatic heterocycles. The van der Waals surface area contributed by atoms with E-state index < -0.39 is 0 Å². The number of nitrogens with one attached hydrogen (secondary N) is 1. The van der Waals surface area contributed by atoms with E-state index in [9.17, 15) is 4.79 Å². The summed E-state index contributed by atoms with van der Waals surface area (Å²) in [5.74, 6) is 1.23. The van der Waals surface area contributed by atoms with Gasteiger partial charge in [-0.3, -0.25) is 4.79 Å². The topological polar surface area (TPSA) is 71.5 Å². The quantitative estimate of drug-likeness (QED) is 0.790. The molecule has 0 atom stereocenters. The number of rotatable bonds is 1. The second kappa shape index (κ2) is 4.91. The first-order valence-electron chi connectivity index (χ1n) is 6.66. The highest BCUT2D eigenvalue weighted by Crippen LogP contribution is 2.18. The van der Waals surface area contributed by atoms with Crippen LogP contribution in [-0.4, -0.2) is 19.9 Å². The van der Waals surface area contributed by atoms with Gasteiger partial charge >= 0.3 is 0 Å². The maximum atomic E-state index is 12.2. The zero-order valence-electron chi connectivity index (χ0n) is 10.9. The molecule has 1 N–H and O–H groups in total. The molecule has 5 nitrogen and oxygen atoms in total. The van der Waals surface area contributed by atoms with Gasteiger partial charge in [0.2, 0.25) is 0 Å². The molecular weight excluding hydrogens is 240 g/mol.